The minimum absolute atomic E-state index is 0.0861. The number of anilines is 1. The van der Waals surface area contributed by atoms with Crippen LogP contribution in [0.1, 0.15) is 20.7 Å². The topological polar surface area (TPSA) is 258 Å². The van der Waals surface area contributed by atoms with Gasteiger partial charge in [-0.3, -0.25) is 4.79 Å². The first-order valence-electron chi connectivity index (χ1n) is 17.1. The Bertz CT molecular complexity index is 2060. The van der Waals surface area contributed by atoms with Gasteiger partial charge in [-0.05, 0) is 35.9 Å². The molecule has 0 spiro atoms. The average Bonchev–Trinajstić information content (AvgIpc) is 3.15. The first-order valence-corrected chi connectivity index (χ1v) is 17.1. The van der Waals surface area contributed by atoms with Crippen LogP contribution in [0.2, 0.25) is 0 Å². The van der Waals surface area contributed by atoms with E-state index in [0.717, 1.165) is 17.1 Å². The summed E-state index contributed by atoms with van der Waals surface area (Å²) in [5, 5.41) is 88.3. The van der Waals surface area contributed by atoms with E-state index in [1.54, 1.807) is 0 Å². The van der Waals surface area contributed by atoms with Gasteiger partial charge in [0.1, 0.15) is 74.3 Å². The van der Waals surface area contributed by atoms with Gasteiger partial charge >= 0.3 is 0 Å². The number of benzene rings is 3. The second-order valence-electron chi connectivity index (χ2n) is 13.7. The van der Waals surface area contributed by atoms with Crippen molar-refractivity contribution in [1.82, 2.24) is 9.89 Å². The van der Waals surface area contributed by atoms with E-state index in [1.165, 1.54) is 12.1 Å². The quantitative estimate of drug-likeness (QED) is 0.0627. The van der Waals surface area contributed by atoms with E-state index < -0.39 is 86.4 Å². The van der Waals surface area contributed by atoms with Gasteiger partial charge in [0.15, 0.2) is 12.6 Å². The molecule has 0 radical (unpaired) electrons. The van der Waals surface area contributed by atoms with E-state index in [0.29, 0.717) is 27.9 Å². The van der Waals surface area contributed by atoms with Crippen LogP contribution < -0.4 is 25.3 Å². The lowest BCUT2D eigenvalue weighted by Crippen LogP contribution is -2.64. The van der Waals surface area contributed by atoms with Crippen molar-refractivity contribution in [2.24, 2.45) is 0 Å². The number of fused-ring (bicyclic) bond motifs is 2. The van der Waals surface area contributed by atoms with Gasteiger partial charge in [0.05, 0.1) is 18.6 Å². The highest BCUT2D eigenvalue weighted by molar-refractivity contribution is 6.09. The lowest BCUT2D eigenvalue weighted by atomic mass is 9.89. The third-order valence-electron chi connectivity index (χ3n) is 9.74. The number of aliphatic hydroxyl groups is 7. The minimum Gasteiger partial charge on any atom is -0.545 e. The number of aromatic carboxylic acids is 1. The van der Waals surface area contributed by atoms with E-state index in [1.807, 2.05) is 74.1 Å². The summed E-state index contributed by atoms with van der Waals surface area (Å²) in [6, 6.07) is 15.2. The summed E-state index contributed by atoms with van der Waals surface area (Å²) in [5.74, 6) is -1.83. The van der Waals surface area contributed by atoms with Crippen molar-refractivity contribution in [3.63, 3.8) is 0 Å². The van der Waals surface area contributed by atoms with Crippen molar-refractivity contribution in [1.29, 1.82) is 0 Å². The van der Waals surface area contributed by atoms with Gasteiger partial charge in [0.25, 0.3) is 5.91 Å². The van der Waals surface area contributed by atoms with Crippen LogP contribution in [0, 0.1) is 0 Å². The maximum atomic E-state index is 13.4. The Balaban J connectivity index is 1.27. The molecule has 0 aromatic heterocycles. The highest BCUT2D eigenvalue weighted by Gasteiger charge is 2.49. The molecule has 3 heterocycles. The van der Waals surface area contributed by atoms with Crippen molar-refractivity contribution in [2.45, 2.75) is 61.4 Å². The number of aliphatic hydroxyl groups excluding tert-OH is 7. The number of rotatable bonds is 9. The van der Waals surface area contributed by atoms with Crippen molar-refractivity contribution in [3.8, 4) is 22.5 Å². The maximum absolute atomic E-state index is 13.4. The number of amides is 1. The summed E-state index contributed by atoms with van der Waals surface area (Å²) in [6.45, 7) is -1.22. The highest BCUT2D eigenvalue weighted by atomic mass is 16.8. The molecule has 17 nitrogen and oxygen atoms in total. The molecule has 3 aliphatic heterocycles. The molecule has 290 valence electrons. The van der Waals surface area contributed by atoms with E-state index >= 15 is 0 Å². The minimum atomic E-state index is -1.89. The molecular weight excluding hydrogens is 710 g/mol. The van der Waals surface area contributed by atoms with Gasteiger partial charge in [0.2, 0.25) is 5.36 Å². The Morgan fingerprint density at radius 1 is 0.815 bits per heavy atom. The number of ether oxygens (including phenoxy) is 3. The molecular formula is C37H43N3O14. The number of carbonyl (C=O) groups is 2. The van der Waals surface area contributed by atoms with Crippen molar-refractivity contribution >= 4 is 28.5 Å². The monoisotopic (exact) mass is 753 g/mol. The van der Waals surface area contributed by atoms with Gasteiger partial charge in [-0.15, -0.1) is 0 Å². The summed E-state index contributed by atoms with van der Waals surface area (Å²) in [7, 11) is 7.53. The van der Waals surface area contributed by atoms with Gasteiger partial charge in [-0.25, -0.2) is 4.58 Å². The number of carboxylic acid groups (broad SMARTS) is 1. The molecule has 2 aromatic rings. The fraction of sp³-hybridized carbons (Fsp3) is 0.432. The molecule has 0 saturated carbocycles. The molecule has 6 rings (SSSR count). The van der Waals surface area contributed by atoms with E-state index in [2.05, 4.69) is 5.32 Å². The molecule has 0 bridgehead atoms. The number of carboxylic acids is 1. The standard InChI is InChI=1S/C37H43N3O14/c1-39(2)17-6-9-20-23(12-17)51-24-13-18(40(3)4)7-10-21(24)27(20)19-8-5-16(11-22(19)35(49)50)34(48)38-14-25-28(42)30(44)32(46)36(52-25)54-37-33(47)31(45)29(43)26(15-41)53-37/h5-13,25-26,28-33,36-37,41-47H,14-15H2,1-4H3,(H-,38,48,49,50)/t25-,26-,28-,29-,30+,31+,32-,33-,36-,37-/m1/s1. The first kappa shape index (κ1) is 39.2. The Hall–Kier alpha value is -4.53. The first-order chi connectivity index (χ1) is 25.6. The van der Waals surface area contributed by atoms with Crippen LogP contribution in [0.3, 0.4) is 0 Å². The molecule has 1 aliphatic carbocycles. The SMILES string of the molecule is CN(C)c1ccc2c(-c3ccc(C(=O)NC[C@H]4O[C@H](O[C@H]5O[C@H](CO)[C@@H](O)[C@H](O)[C@H]5O)[C@H](O)[C@@H](O)[C@@H]4O)cc3C(=O)[O-])c3ccc(=[N+](C)C)cc-3oc2c1. The Kier molecular flexibility index (Phi) is 11.4. The molecule has 2 aromatic carbocycles. The lowest BCUT2D eigenvalue weighted by molar-refractivity contribution is -0.374. The molecule has 1 amide bonds. The molecule has 0 unspecified atom stereocenters. The smallest absolute Gasteiger partial charge is 0.251 e. The van der Waals surface area contributed by atoms with E-state index in [4.69, 9.17) is 18.6 Å². The van der Waals surface area contributed by atoms with Crippen LogP contribution in [0.15, 0.2) is 59.0 Å². The van der Waals surface area contributed by atoms with Gasteiger partial charge in [0, 0.05) is 66.1 Å². The summed E-state index contributed by atoms with van der Waals surface area (Å²) < 4.78 is 24.6. The average molecular weight is 754 g/mol. The van der Waals surface area contributed by atoms with Crippen LogP contribution in [0.4, 0.5) is 5.69 Å². The van der Waals surface area contributed by atoms with Crippen molar-refractivity contribution < 1.29 is 69.1 Å². The number of hydrogen-bond donors (Lipinski definition) is 8. The largest absolute Gasteiger partial charge is 0.545 e. The fourth-order valence-corrected chi connectivity index (χ4v) is 6.59. The number of hydrogen-bond acceptors (Lipinski definition) is 15. The third-order valence-corrected chi connectivity index (χ3v) is 9.74. The maximum Gasteiger partial charge on any atom is 0.251 e. The second kappa shape index (κ2) is 15.7. The molecule has 54 heavy (non-hydrogen) atoms. The zero-order valence-electron chi connectivity index (χ0n) is 29.8. The van der Waals surface area contributed by atoms with Crippen LogP contribution in [0.25, 0.3) is 33.4 Å². The molecule has 4 aliphatic rings. The van der Waals surface area contributed by atoms with Crippen LogP contribution >= 0.6 is 0 Å². The van der Waals surface area contributed by atoms with Crippen molar-refractivity contribution in [2.75, 3.05) is 46.2 Å². The van der Waals surface area contributed by atoms with E-state index in [-0.39, 0.29) is 16.7 Å². The Morgan fingerprint density at radius 3 is 2.06 bits per heavy atom. The predicted octanol–water partition coefficient (Wildman–Crippen LogP) is -2.98. The van der Waals surface area contributed by atoms with Crippen LogP contribution in [0.5, 0.6) is 0 Å². The summed E-state index contributed by atoms with van der Waals surface area (Å²) >= 11 is 0. The van der Waals surface area contributed by atoms with Gasteiger partial charge in [-0.1, -0.05) is 6.07 Å². The molecule has 10 atom stereocenters. The summed E-state index contributed by atoms with van der Waals surface area (Å²) in [5.41, 5.74) is 2.41. The van der Waals surface area contributed by atoms with Crippen LogP contribution in [-0.2, 0) is 14.2 Å². The van der Waals surface area contributed by atoms with Gasteiger partial charge < -0.3 is 74.5 Å². The van der Waals surface area contributed by atoms with Crippen molar-refractivity contribution in [3.05, 3.63) is 71.1 Å². The normalized spacial score (nSPS) is 28.6. The summed E-state index contributed by atoms with van der Waals surface area (Å²) in [4.78, 5) is 28.0. The van der Waals surface area contributed by atoms with Crippen LogP contribution in [-0.4, -0.2) is 150 Å². The highest BCUT2D eigenvalue weighted by Crippen LogP contribution is 2.42. The number of nitrogens with zero attached hydrogens (tertiary/aromatic N) is 2. The molecule has 2 saturated heterocycles. The summed E-state index contributed by atoms with van der Waals surface area (Å²) in [6.07, 6.45) is -17.1. The Morgan fingerprint density at radius 2 is 1.44 bits per heavy atom. The lowest BCUT2D eigenvalue weighted by Gasteiger charge is -2.44. The molecule has 8 N–H and O–H groups in total. The zero-order valence-corrected chi connectivity index (χ0v) is 29.8. The number of carbonyl (C=O) groups excluding carboxylic acids is 2. The zero-order chi connectivity index (χ0) is 39.2. The van der Waals surface area contributed by atoms with E-state index in [9.17, 15) is 50.4 Å². The fourth-order valence-electron chi connectivity index (χ4n) is 6.59. The molecule has 2 fully saturated rings. The predicted molar refractivity (Wildman–Crippen MR) is 188 cm³/mol. The third kappa shape index (κ3) is 7.43. The Labute approximate surface area is 308 Å². The second-order valence-corrected chi connectivity index (χ2v) is 13.7. The van der Waals surface area contributed by atoms with Gasteiger partial charge in [-0.2, -0.15) is 0 Å². The molecule has 17 heteroatoms. The number of nitrogens with one attached hydrogen (secondary N) is 1.